The predicted molar refractivity (Wildman–Crippen MR) is 415 cm³/mol. The molecular formula is C74H165F25O17. The highest BCUT2D eigenvalue weighted by Crippen LogP contribution is 2.54. The first-order chi connectivity index (χ1) is 44.3. The molecule has 0 aromatic carbocycles. The van der Waals surface area contributed by atoms with Crippen molar-refractivity contribution >= 4 is 0 Å². The SMILES string of the molecule is C.C.C.C.C.C.C.C.C.C.C.C.C.C.C.C.C.C.CC(CO)(COCCCOCC(C)(CO)COCC(F)(F)C(F)(F)F)COCC(F)(F)C(F)(F)F.CC(CO)(COCCCOCC(C)(CO)COCC(F)(F)F)COCC(F)(F)F.CCC(C)(CO)COCCCOCC(C)(CO)COCCC(F)(F)C(F)(F)C(F)(F)C(F)(F)F. The van der Waals surface area contributed by atoms with Crippen LogP contribution < -0.4 is 0 Å². The second kappa shape index (κ2) is 74.0. The highest BCUT2D eigenvalue weighted by atomic mass is 19.4. The Hall–Kier alpha value is -2.43. The molecule has 0 aromatic heterocycles. The van der Waals surface area contributed by atoms with Crippen molar-refractivity contribution in [3.8, 4) is 0 Å². The molecule has 0 radical (unpaired) electrons. The summed E-state index contributed by atoms with van der Waals surface area (Å²) in [5, 5.41) is 56.1. The Balaban J connectivity index is -0.0000000572. The highest BCUT2D eigenvalue weighted by Gasteiger charge is 2.81. The van der Waals surface area contributed by atoms with Gasteiger partial charge in [0, 0.05) is 78.6 Å². The average molecular weight is 1800 g/mol. The van der Waals surface area contributed by atoms with E-state index in [1.54, 1.807) is 0 Å². The van der Waals surface area contributed by atoms with Crippen LogP contribution >= 0.6 is 0 Å². The molecule has 0 bridgehead atoms. The number of alkyl halides is 25. The molecule has 0 aliphatic heterocycles. The molecule has 0 aliphatic carbocycles. The molecular weight excluding hydrogens is 1640 g/mol. The van der Waals surface area contributed by atoms with E-state index in [4.69, 9.17) is 33.2 Å². The van der Waals surface area contributed by atoms with Crippen LogP contribution in [0, 0.1) is 32.5 Å². The number of ether oxygens (including phenoxy) is 11. The average Bonchev–Trinajstić information content (AvgIpc) is 0.745. The van der Waals surface area contributed by atoms with E-state index in [-0.39, 0.29) is 231 Å². The molecule has 0 spiro atoms. The van der Waals surface area contributed by atoms with E-state index in [9.17, 15) is 140 Å². The summed E-state index contributed by atoms with van der Waals surface area (Å²) in [5.41, 5.74) is -6.06. The lowest BCUT2D eigenvalue weighted by atomic mass is 9.90. The molecule has 6 N–H and O–H groups in total. The van der Waals surface area contributed by atoms with Gasteiger partial charge >= 0.3 is 60.5 Å². The van der Waals surface area contributed by atoms with Gasteiger partial charge in [-0.15, -0.1) is 0 Å². The van der Waals surface area contributed by atoms with E-state index in [1.807, 2.05) is 13.8 Å². The van der Waals surface area contributed by atoms with Crippen LogP contribution in [0.5, 0.6) is 0 Å². The molecule has 0 fully saturated rings. The Morgan fingerprint density at radius 2 is 0.371 bits per heavy atom. The summed E-state index contributed by atoms with van der Waals surface area (Å²) in [5.74, 6) is -29.4. The van der Waals surface area contributed by atoms with Crippen LogP contribution in [0.3, 0.4) is 0 Å². The van der Waals surface area contributed by atoms with Crippen molar-refractivity contribution in [3.63, 3.8) is 0 Å². The lowest BCUT2D eigenvalue weighted by Crippen LogP contribution is -2.61. The number of hydrogen-bond donors (Lipinski definition) is 6. The van der Waals surface area contributed by atoms with Crippen LogP contribution in [0.15, 0.2) is 0 Å². The lowest BCUT2D eigenvalue weighted by molar-refractivity contribution is -0.397. The fourth-order valence-corrected chi connectivity index (χ4v) is 6.55. The van der Waals surface area contributed by atoms with Crippen LogP contribution in [0.1, 0.15) is 214 Å². The first kappa shape index (κ1) is 168. The van der Waals surface area contributed by atoms with Crippen molar-refractivity contribution in [1.82, 2.24) is 0 Å². The normalized spacial score (nSPS) is 14.6. The molecule has 17 nitrogen and oxygen atoms in total. The summed E-state index contributed by atoms with van der Waals surface area (Å²) >= 11 is 0. The van der Waals surface area contributed by atoms with Gasteiger partial charge < -0.3 is 82.7 Å². The van der Waals surface area contributed by atoms with Crippen LogP contribution in [0.25, 0.3) is 0 Å². The third kappa shape index (κ3) is 69.0. The molecule has 738 valence electrons. The molecule has 116 heavy (non-hydrogen) atoms. The Morgan fingerprint density at radius 1 is 0.198 bits per heavy atom. The maximum Gasteiger partial charge on any atom is 0.460 e. The van der Waals surface area contributed by atoms with E-state index >= 15 is 0 Å². The summed E-state index contributed by atoms with van der Waals surface area (Å²) in [6.07, 6.45) is -27.6. The second-order valence-electron chi connectivity index (χ2n) is 25.3. The number of aliphatic hydroxyl groups is 6. The van der Waals surface area contributed by atoms with Gasteiger partial charge in [0.1, 0.15) is 26.4 Å². The smallest absolute Gasteiger partial charge is 0.396 e. The van der Waals surface area contributed by atoms with Gasteiger partial charge in [0.25, 0.3) is 0 Å². The molecule has 0 saturated carbocycles. The van der Waals surface area contributed by atoms with Crippen molar-refractivity contribution in [2.24, 2.45) is 32.5 Å². The number of halogens is 25. The van der Waals surface area contributed by atoms with Crippen molar-refractivity contribution < 1.29 is 193 Å². The molecule has 0 heterocycles. The Kier molecular flexibility index (Phi) is 107. The molecule has 0 aromatic rings. The monoisotopic (exact) mass is 1800 g/mol. The van der Waals surface area contributed by atoms with Crippen LogP contribution in [0.2, 0.25) is 0 Å². The van der Waals surface area contributed by atoms with Gasteiger partial charge in [-0.3, -0.25) is 0 Å². The van der Waals surface area contributed by atoms with Crippen LogP contribution in [-0.2, 0) is 52.1 Å². The number of rotatable bonds is 52. The summed E-state index contributed by atoms with van der Waals surface area (Å²) in [6.45, 7) is -1.72. The fourth-order valence-electron chi connectivity index (χ4n) is 6.55. The van der Waals surface area contributed by atoms with Gasteiger partial charge in [-0.2, -0.15) is 110 Å². The zero-order valence-corrected chi connectivity index (χ0v) is 55.0. The minimum atomic E-state index is -6.94. The minimum Gasteiger partial charge on any atom is -0.396 e. The number of hydrogen-bond acceptors (Lipinski definition) is 17. The summed E-state index contributed by atoms with van der Waals surface area (Å²) < 4.78 is 367. The summed E-state index contributed by atoms with van der Waals surface area (Å²) in [4.78, 5) is 0. The quantitative estimate of drug-likeness (QED) is 0.0246. The first-order valence-corrected chi connectivity index (χ1v) is 29.6. The molecule has 0 aliphatic rings. The fraction of sp³-hybridized carbons (Fsp3) is 1.00. The third-order valence-electron chi connectivity index (χ3n) is 13.5. The maximum atomic E-state index is 13.5. The zero-order chi connectivity index (χ0) is 77.1. The second-order valence-corrected chi connectivity index (χ2v) is 25.3. The van der Waals surface area contributed by atoms with Gasteiger partial charge in [0.05, 0.1) is 119 Å². The standard InChI is InChI=1S/C20H33F9O5.C19H30F10O6.C17H30F6O6.18CH4/c1-4-15(2,10-30)12-32-7-5-8-33-13-16(3,11-31)14-34-9-6-17(21,22)18(23,24)19(25,26)20(27,28)29;1-14(6-30,10-34-12-16(20,21)18(24,25)26)8-32-4-3-5-33-9-15(2,7-31)11-35-13-17(22,23)19(27,28)29;1-14(6-24,10-28-12-16(18,19)20)8-26-4-3-5-27-9-15(2,7-25)11-29-13-17(21,22)23;;;;;;;;;;;;;;;;;;/h30-31H,4-14H2,1-3H3;30-31H,3-13H2,1-2H3;24-25H,3-13H2,1-2H3;18*1H4. The largest absolute Gasteiger partial charge is 0.460 e. The maximum absolute atomic E-state index is 13.5. The van der Waals surface area contributed by atoms with E-state index < -0.39 is 180 Å². The van der Waals surface area contributed by atoms with Crippen molar-refractivity contribution in [1.29, 1.82) is 0 Å². The molecule has 42 heteroatoms. The zero-order valence-electron chi connectivity index (χ0n) is 55.0. The van der Waals surface area contributed by atoms with Gasteiger partial charge in [-0.25, -0.2) is 0 Å². The Bertz CT molecular complexity index is 1990. The molecule has 6 unspecified atom stereocenters. The van der Waals surface area contributed by atoms with E-state index in [0.29, 0.717) is 32.5 Å². The molecule has 0 saturated heterocycles. The van der Waals surface area contributed by atoms with Crippen LogP contribution in [-0.4, -0.2) is 276 Å². The summed E-state index contributed by atoms with van der Waals surface area (Å²) in [7, 11) is 0. The Morgan fingerprint density at radius 3 is 0.534 bits per heavy atom. The van der Waals surface area contributed by atoms with Crippen molar-refractivity contribution in [3.05, 3.63) is 0 Å². The van der Waals surface area contributed by atoms with E-state index in [2.05, 4.69) is 18.9 Å². The van der Waals surface area contributed by atoms with E-state index in [0.717, 1.165) is 0 Å². The van der Waals surface area contributed by atoms with Gasteiger partial charge in [-0.1, -0.05) is 182 Å². The first-order valence-electron chi connectivity index (χ1n) is 29.6. The van der Waals surface area contributed by atoms with Gasteiger partial charge in [0.15, 0.2) is 0 Å². The lowest BCUT2D eigenvalue weighted by Gasteiger charge is -2.34. The van der Waals surface area contributed by atoms with Gasteiger partial charge in [0.2, 0.25) is 0 Å². The van der Waals surface area contributed by atoms with Crippen molar-refractivity contribution in [2.75, 3.05) is 185 Å². The highest BCUT2D eigenvalue weighted by molar-refractivity contribution is 5.00. The topological polar surface area (TPSA) is 223 Å². The molecule has 6 atom stereocenters. The third-order valence-corrected chi connectivity index (χ3v) is 13.5. The Labute approximate surface area is 683 Å². The van der Waals surface area contributed by atoms with Gasteiger partial charge in [-0.05, 0) is 25.7 Å². The van der Waals surface area contributed by atoms with Crippen molar-refractivity contribution in [2.45, 2.75) is 275 Å². The van der Waals surface area contributed by atoms with E-state index in [1.165, 1.54) is 34.6 Å². The predicted octanol–water partition coefficient (Wildman–Crippen LogP) is 22.5. The molecule has 0 amide bonds. The molecule has 0 rings (SSSR count). The number of aliphatic hydroxyl groups excluding tert-OH is 6. The minimum absolute atomic E-state index is 0. The van der Waals surface area contributed by atoms with Crippen LogP contribution in [0.4, 0.5) is 110 Å². The summed E-state index contributed by atoms with van der Waals surface area (Å²) in [6, 6.07) is 0.